The fourth-order valence-corrected chi connectivity index (χ4v) is 2.19. The van der Waals surface area contributed by atoms with Crippen molar-refractivity contribution in [1.29, 1.82) is 0 Å². The minimum Gasteiger partial charge on any atom is -0.379 e. The van der Waals surface area contributed by atoms with Gasteiger partial charge in [-0.1, -0.05) is 12.8 Å². The normalized spacial score (nSPS) is 22.1. The highest BCUT2D eigenvalue weighted by atomic mass is 16.5. The Labute approximate surface area is 110 Å². The molecule has 5 nitrogen and oxygen atoms in total. The molecule has 0 spiro atoms. The van der Waals surface area contributed by atoms with Crippen LogP contribution in [0.2, 0.25) is 0 Å². The van der Waals surface area contributed by atoms with Gasteiger partial charge >= 0.3 is 0 Å². The molecule has 2 rings (SSSR count). The number of aliphatic imine (C=N–C) groups is 1. The van der Waals surface area contributed by atoms with E-state index in [2.05, 4.69) is 15.2 Å². The van der Waals surface area contributed by atoms with Crippen molar-refractivity contribution in [3.8, 4) is 0 Å². The molecule has 18 heavy (non-hydrogen) atoms. The Hall–Kier alpha value is -0.810. The maximum Gasteiger partial charge on any atom is 0.188 e. The van der Waals surface area contributed by atoms with Crippen LogP contribution in [0, 0.1) is 5.92 Å². The fourth-order valence-electron chi connectivity index (χ4n) is 2.19. The van der Waals surface area contributed by atoms with E-state index in [0.29, 0.717) is 5.96 Å². The number of nitrogens with two attached hydrogens (primary N) is 1. The number of guanidine groups is 1. The van der Waals surface area contributed by atoms with Crippen LogP contribution in [-0.4, -0.2) is 56.8 Å². The zero-order chi connectivity index (χ0) is 12.6. The smallest absolute Gasteiger partial charge is 0.188 e. The minimum atomic E-state index is 0.609. The molecule has 0 radical (unpaired) electrons. The first-order valence-corrected chi connectivity index (χ1v) is 7.18. The molecular formula is C13H26N4O. The van der Waals surface area contributed by atoms with E-state index in [0.717, 1.165) is 58.3 Å². The molecule has 1 aliphatic carbocycles. The number of morpholine rings is 1. The van der Waals surface area contributed by atoms with Gasteiger partial charge in [-0.3, -0.25) is 9.89 Å². The van der Waals surface area contributed by atoms with Crippen molar-refractivity contribution in [2.75, 3.05) is 45.9 Å². The third-order valence-corrected chi connectivity index (χ3v) is 3.57. The first kappa shape index (κ1) is 13.6. The molecule has 2 fully saturated rings. The molecule has 1 heterocycles. The van der Waals surface area contributed by atoms with Gasteiger partial charge in [-0.15, -0.1) is 0 Å². The van der Waals surface area contributed by atoms with Crippen LogP contribution in [0.3, 0.4) is 0 Å². The quantitative estimate of drug-likeness (QED) is 0.392. The van der Waals surface area contributed by atoms with Crippen molar-refractivity contribution in [3.63, 3.8) is 0 Å². The summed E-state index contributed by atoms with van der Waals surface area (Å²) in [6.45, 7) is 6.74. The molecule has 0 unspecified atom stereocenters. The van der Waals surface area contributed by atoms with Gasteiger partial charge < -0.3 is 15.8 Å². The molecule has 0 bridgehead atoms. The maximum absolute atomic E-state index is 5.80. The van der Waals surface area contributed by atoms with Gasteiger partial charge in [0, 0.05) is 32.7 Å². The largest absolute Gasteiger partial charge is 0.379 e. The van der Waals surface area contributed by atoms with Crippen molar-refractivity contribution in [3.05, 3.63) is 0 Å². The molecule has 0 amide bonds. The van der Waals surface area contributed by atoms with Crippen LogP contribution >= 0.6 is 0 Å². The second-order valence-corrected chi connectivity index (χ2v) is 5.23. The SMILES string of the molecule is NC(=NCCCN1CCOCC1)NCCC1CC1. The van der Waals surface area contributed by atoms with E-state index in [1.165, 1.54) is 19.3 Å². The van der Waals surface area contributed by atoms with Gasteiger partial charge in [0.2, 0.25) is 0 Å². The second kappa shape index (κ2) is 7.59. The van der Waals surface area contributed by atoms with Crippen molar-refractivity contribution in [1.82, 2.24) is 10.2 Å². The number of ether oxygens (including phenoxy) is 1. The molecule has 0 atom stereocenters. The van der Waals surface area contributed by atoms with Crippen LogP contribution in [0.25, 0.3) is 0 Å². The first-order valence-electron chi connectivity index (χ1n) is 7.18. The lowest BCUT2D eigenvalue weighted by atomic mass is 10.3. The van der Waals surface area contributed by atoms with E-state index in [4.69, 9.17) is 10.5 Å². The number of nitrogens with one attached hydrogen (secondary N) is 1. The lowest BCUT2D eigenvalue weighted by Crippen LogP contribution is -2.37. The average molecular weight is 254 g/mol. The monoisotopic (exact) mass is 254 g/mol. The van der Waals surface area contributed by atoms with Gasteiger partial charge in [0.05, 0.1) is 13.2 Å². The Morgan fingerprint density at radius 2 is 2.11 bits per heavy atom. The summed E-state index contributed by atoms with van der Waals surface area (Å²) in [6, 6.07) is 0. The summed E-state index contributed by atoms with van der Waals surface area (Å²) in [6.07, 6.45) is 5.12. The fraction of sp³-hybridized carbons (Fsp3) is 0.923. The first-order chi connectivity index (χ1) is 8.84. The van der Waals surface area contributed by atoms with Gasteiger partial charge in [-0.05, 0) is 18.8 Å². The maximum atomic E-state index is 5.80. The van der Waals surface area contributed by atoms with Crippen molar-refractivity contribution < 1.29 is 4.74 Å². The average Bonchev–Trinajstić information content (AvgIpc) is 3.20. The Morgan fingerprint density at radius 3 is 2.83 bits per heavy atom. The molecule has 0 aromatic heterocycles. The van der Waals surface area contributed by atoms with Gasteiger partial charge in [0.1, 0.15) is 0 Å². The predicted octanol–water partition coefficient (Wildman–Crippen LogP) is 0.413. The standard InChI is InChI=1S/C13H26N4O/c14-13(16-6-4-12-2-3-12)15-5-1-7-17-8-10-18-11-9-17/h12H,1-11H2,(H3,14,15,16). The van der Waals surface area contributed by atoms with Crippen LogP contribution in [0.5, 0.6) is 0 Å². The summed E-state index contributed by atoms with van der Waals surface area (Å²) in [5, 5.41) is 3.19. The van der Waals surface area contributed by atoms with E-state index >= 15 is 0 Å². The molecule has 5 heteroatoms. The molecule has 0 aromatic rings. The van der Waals surface area contributed by atoms with Gasteiger partial charge in [0.15, 0.2) is 5.96 Å². The Morgan fingerprint density at radius 1 is 1.33 bits per heavy atom. The summed E-state index contributed by atoms with van der Waals surface area (Å²) < 4.78 is 5.31. The topological polar surface area (TPSA) is 62.9 Å². The molecule has 1 saturated carbocycles. The summed E-state index contributed by atoms with van der Waals surface area (Å²) >= 11 is 0. The zero-order valence-corrected chi connectivity index (χ0v) is 11.2. The Balaban J connectivity index is 1.46. The molecule has 3 N–H and O–H groups in total. The van der Waals surface area contributed by atoms with Crippen LogP contribution in [0.4, 0.5) is 0 Å². The Bertz CT molecular complexity index is 260. The zero-order valence-electron chi connectivity index (χ0n) is 11.2. The molecule has 1 aliphatic heterocycles. The third kappa shape index (κ3) is 5.69. The summed E-state index contributed by atoms with van der Waals surface area (Å²) in [4.78, 5) is 6.78. The summed E-state index contributed by atoms with van der Waals surface area (Å²) in [5.74, 6) is 1.56. The number of hydrogen-bond acceptors (Lipinski definition) is 3. The molecule has 1 saturated heterocycles. The van der Waals surface area contributed by atoms with E-state index in [1.54, 1.807) is 0 Å². The van der Waals surface area contributed by atoms with Gasteiger partial charge in [-0.2, -0.15) is 0 Å². The summed E-state index contributed by atoms with van der Waals surface area (Å²) in [7, 11) is 0. The highest BCUT2D eigenvalue weighted by Gasteiger charge is 2.20. The lowest BCUT2D eigenvalue weighted by molar-refractivity contribution is 0.0377. The van der Waals surface area contributed by atoms with Crippen LogP contribution < -0.4 is 11.1 Å². The highest BCUT2D eigenvalue weighted by molar-refractivity contribution is 5.77. The van der Waals surface area contributed by atoms with E-state index < -0.39 is 0 Å². The van der Waals surface area contributed by atoms with Crippen LogP contribution in [0.15, 0.2) is 4.99 Å². The lowest BCUT2D eigenvalue weighted by Gasteiger charge is -2.26. The van der Waals surface area contributed by atoms with Crippen LogP contribution in [0.1, 0.15) is 25.7 Å². The van der Waals surface area contributed by atoms with Crippen molar-refractivity contribution in [2.24, 2.45) is 16.6 Å². The molecule has 104 valence electrons. The Kier molecular flexibility index (Phi) is 5.74. The van der Waals surface area contributed by atoms with Crippen molar-refractivity contribution in [2.45, 2.75) is 25.7 Å². The number of nitrogens with zero attached hydrogens (tertiary/aromatic N) is 2. The van der Waals surface area contributed by atoms with Crippen LogP contribution in [-0.2, 0) is 4.74 Å². The predicted molar refractivity (Wildman–Crippen MR) is 73.7 cm³/mol. The number of hydrogen-bond donors (Lipinski definition) is 2. The molecule has 2 aliphatic rings. The molecular weight excluding hydrogens is 228 g/mol. The highest BCUT2D eigenvalue weighted by Crippen LogP contribution is 2.31. The van der Waals surface area contributed by atoms with Gasteiger partial charge in [0.25, 0.3) is 0 Å². The molecule has 0 aromatic carbocycles. The van der Waals surface area contributed by atoms with E-state index in [1.807, 2.05) is 0 Å². The van der Waals surface area contributed by atoms with E-state index in [-0.39, 0.29) is 0 Å². The third-order valence-electron chi connectivity index (χ3n) is 3.57. The second-order valence-electron chi connectivity index (χ2n) is 5.23. The summed E-state index contributed by atoms with van der Waals surface area (Å²) in [5.41, 5.74) is 5.80. The van der Waals surface area contributed by atoms with Crippen molar-refractivity contribution >= 4 is 5.96 Å². The van der Waals surface area contributed by atoms with E-state index in [9.17, 15) is 0 Å². The number of rotatable bonds is 7. The van der Waals surface area contributed by atoms with Gasteiger partial charge in [-0.25, -0.2) is 0 Å². The minimum absolute atomic E-state index is 0.609.